The SMILES string of the molecule is CNc1c(Cl)ncnc1N1CCC(OC2CCOCC2)CC1. The second-order valence-corrected chi connectivity index (χ2v) is 6.11. The molecule has 0 unspecified atom stereocenters. The van der Waals surface area contributed by atoms with E-state index in [1.807, 2.05) is 7.05 Å². The lowest BCUT2D eigenvalue weighted by molar-refractivity contribution is -0.0743. The Labute approximate surface area is 136 Å². The lowest BCUT2D eigenvalue weighted by atomic mass is 10.1. The highest BCUT2D eigenvalue weighted by molar-refractivity contribution is 6.32. The third-order valence-electron chi connectivity index (χ3n) is 4.33. The van der Waals surface area contributed by atoms with E-state index >= 15 is 0 Å². The molecule has 2 fully saturated rings. The molecule has 0 bridgehead atoms. The van der Waals surface area contributed by atoms with Crippen molar-refractivity contribution < 1.29 is 9.47 Å². The molecule has 0 aromatic carbocycles. The van der Waals surface area contributed by atoms with E-state index in [4.69, 9.17) is 21.1 Å². The average Bonchev–Trinajstić information content (AvgIpc) is 2.56. The van der Waals surface area contributed by atoms with Crippen molar-refractivity contribution in [3.05, 3.63) is 11.5 Å². The van der Waals surface area contributed by atoms with E-state index in [0.29, 0.717) is 17.4 Å². The summed E-state index contributed by atoms with van der Waals surface area (Å²) in [6, 6.07) is 0. The molecule has 22 heavy (non-hydrogen) atoms. The number of hydrogen-bond donors (Lipinski definition) is 1. The normalized spacial score (nSPS) is 21.1. The molecule has 0 radical (unpaired) electrons. The van der Waals surface area contributed by atoms with Crippen LogP contribution in [0.4, 0.5) is 11.5 Å². The number of anilines is 2. The van der Waals surface area contributed by atoms with Crippen LogP contribution in [-0.2, 0) is 9.47 Å². The maximum atomic E-state index is 6.22. The summed E-state index contributed by atoms with van der Waals surface area (Å²) >= 11 is 6.13. The molecule has 3 heterocycles. The van der Waals surface area contributed by atoms with Crippen molar-refractivity contribution in [2.24, 2.45) is 0 Å². The minimum atomic E-state index is 0.342. The van der Waals surface area contributed by atoms with Gasteiger partial charge in [-0.3, -0.25) is 0 Å². The first-order valence-electron chi connectivity index (χ1n) is 7.94. The molecule has 6 nitrogen and oxygen atoms in total. The Morgan fingerprint density at radius 2 is 1.86 bits per heavy atom. The zero-order valence-corrected chi connectivity index (χ0v) is 13.7. The van der Waals surface area contributed by atoms with E-state index in [9.17, 15) is 0 Å². The van der Waals surface area contributed by atoms with Gasteiger partial charge in [0.25, 0.3) is 0 Å². The minimum absolute atomic E-state index is 0.342. The predicted octanol–water partition coefficient (Wildman–Crippen LogP) is 2.34. The van der Waals surface area contributed by atoms with Crippen LogP contribution in [0.1, 0.15) is 25.7 Å². The molecule has 2 saturated heterocycles. The van der Waals surface area contributed by atoms with Crippen LogP contribution in [0.15, 0.2) is 6.33 Å². The van der Waals surface area contributed by atoms with Gasteiger partial charge < -0.3 is 19.7 Å². The van der Waals surface area contributed by atoms with E-state index < -0.39 is 0 Å². The number of nitrogens with one attached hydrogen (secondary N) is 1. The lowest BCUT2D eigenvalue weighted by Gasteiger charge is -2.36. The van der Waals surface area contributed by atoms with Gasteiger partial charge in [0, 0.05) is 33.4 Å². The average molecular weight is 327 g/mol. The van der Waals surface area contributed by atoms with Gasteiger partial charge in [0.1, 0.15) is 12.0 Å². The Morgan fingerprint density at radius 3 is 2.55 bits per heavy atom. The first-order valence-corrected chi connectivity index (χ1v) is 8.32. The molecule has 3 rings (SSSR count). The van der Waals surface area contributed by atoms with Gasteiger partial charge in [0.2, 0.25) is 0 Å². The van der Waals surface area contributed by atoms with Crippen molar-refractivity contribution in [2.75, 3.05) is 43.6 Å². The Hall–Kier alpha value is -1.11. The number of ether oxygens (including phenoxy) is 2. The van der Waals surface area contributed by atoms with E-state index in [2.05, 4.69) is 20.2 Å². The predicted molar refractivity (Wildman–Crippen MR) is 86.7 cm³/mol. The van der Waals surface area contributed by atoms with Gasteiger partial charge in [0.15, 0.2) is 11.0 Å². The summed E-state index contributed by atoms with van der Waals surface area (Å²) in [4.78, 5) is 10.7. The van der Waals surface area contributed by atoms with Crippen molar-refractivity contribution in [1.82, 2.24) is 9.97 Å². The smallest absolute Gasteiger partial charge is 0.157 e. The van der Waals surface area contributed by atoms with Crippen molar-refractivity contribution in [1.29, 1.82) is 0 Å². The summed E-state index contributed by atoms with van der Waals surface area (Å²) in [6.07, 6.45) is 6.30. The summed E-state index contributed by atoms with van der Waals surface area (Å²) in [5.41, 5.74) is 0.799. The van der Waals surface area contributed by atoms with E-state index in [1.165, 1.54) is 6.33 Å². The summed E-state index contributed by atoms with van der Waals surface area (Å²) in [6.45, 7) is 3.51. The minimum Gasteiger partial charge on any atom is -0.383 e. The number of nitrogens with zero attached hydrogens (tertiary/aromatic N) is 3. The third-order valence-corrected chi connectivity index (χ3v) is 4.61. The molecule has 0 amide bonds. The number of hydrogen-bond acceptors (Lipinski definition) is 6. The maximum Gasteiger partial charge on any atom is 0.157 e. The highest BCUT2D eigenvalue weighted by Gasteiger charge is 2.26. The first kappa shape index (κ1) is 15.8. The molecule has 122 valence electrons. The van der Waals surface area contributed by atoms with Crippen molar-refractivity contribution in [2.45, 2.75) is 37.9 Å². The lowest BCUT2D eigenvalue weighted by Crippen LogP contribution is -2.40. The Morgan fingerprint density at radius 1 is 1.18 bits per heavy atom. The summed E-state index contributed by atoms with van der Waals surface area (Å²) in [5.74, 6) is 0.881. The van der Waals surface area contributed by atoms with Gasteiger partial charge >= 0.3 is 0 Å². The van der Waals surface area contributed by atoms with Gasteiger partial charge in [-0.05, 0) is 25.7 Å². The van der Waals surface area contributed by atoms with E-state index in [-0.39, 0.29) is 0 Å². The van der Waals surface area contributed by atoms with Crippen LogP contribution in [0.3, 0.4) is 0 Å². The fraction of sp³-hybridized carbons (Fsp3) is 0.733. The van der Waals surface area contributed by atoms with Gasteiger partial charge in [-0.15, -0.1) is 0 Å². The molecule has 0 spiro atoms. The van der Waals surface area contributed by atoms with Crippen molar-refractivity contribution in [3.63, 3.8) is 0 Å². The summed E-state index contributed by atoms with van der Waals surface area (Å²) in [7, 11) is 1.84. The highest BCUT2D eigenvalue weighted by Crippen LogP contribution is 2.31. The van der Waals surface area contributed by atoms with Crippen molar-refractivity contribution >= 4 is 23.1 Å². The molecule has 1 N–H and O–H groups in total. The number of rotatable bonds is 4. The van der Waals surface area contributed by atoms with Gasteiger partial charge in [0.05, 0.1) is 12.2 Å². The van der Waals surface area contributed by atoms with Crippen LogP contribution in [0.2, 0.25) is 5.15 Å². The molecule has 0 aliphatic carbocycles. The molecule has 1 aromatic heterocycles. The Bertz CT molecular complexity index is 488. The number of halogens is 1. The number of piperidine rings is 1. The maximum absolute atomic E-state index is 6.22. The quantitative estimate of drug-likeness (QED) is 0.857. The second-order valence-electron chi connectivity index (χ2n) is 5.75. The standard InChI is InChI=1S/C15H23ClN4O2/c1-17-13-14(16)18-10-19-15(13)20-6-2-11(3-7-20)22-12-4-8-21-9-5-12/h10-12,17H,2-9H2,1H3. The molecule has 0 saturated carbocycles. The van der Waals surface area contributed by atoms with E-state index in [0.717, 1.165) is 63.5 Å². The second kappa shape index (κ2) is 7.44. The van der Waals surface area contributed by atoms with Crippen LogP contribution in [0.5, 0.6) is 0 Å². The molecule has 2 aliphatic heterocycles. The van der Waals surface area contributed by atoms with Crippen molar-refractivity contribution in [3.8, 4) is 0 Å². The fourth-order valence-corrected chi connectivity index (χ4v) is 3.32. The number of aromatic nitrogens is 2. The molecular formula is C15H23ClN4O2. The van der Waals surface area contributed by atoms with Crippen LogP contribution in [0, 0.1) is 0 Å². The molecule has 1 aromatic rings. The van der Waals surface area contributed by atoms with Crippen LogP contribution < -0.4 is 10.2 Å². The Balaban J connectivity index is 1.56. The largest absolute Gasteiger partial charge is 0.383 e. The third kappa shape index (κ3) is 3.62. The monoisotopic (exact) mass is 326 g/mol. The van der Waals surface area contributed by atoms with Crippen LogP contribution in [0.25, 0.3) is 0 Å². The summed E-state index contributed by atoms with van der Waals surface area (Å²) < 4.78 is 11.6. The van der Waals surface area contributed by atoms with Crippen LogP contribution >= 0.6 is 11.6 Å². The Kier molecular flexibility index (Phi) is 5.33. The topological polar surface area (TPSA) is 59.5 Å². The van der Waals surface area contributed by atoms with Crippen LogP contribution in [-0.4, -0.2) is 55.5 Å². The zero-order chi connectivity index (χ0) is 15.4. The molecule has 2 aliphatic rings. The van der Waals surface area contributed by atoms with Gasteiger partial charge in [-0.1, -0.05) is 11.6 Å². The molecular weight excluding hydrogens is 304 g/mol. The molecule has 7 heteroatoms. The van der Waals surface area contributed by atoms with E-state index in [1.54, 1.807) is 0 Å². The highest BCUT2D eigenvalue weighted by atomic mass is 35.5. The zero-order valence-electron chi connectivity index (χ0n) is 12.9. The van der Waals surface area contributed by atoms with Gasteiger partial charge in [-0.25, -0.2) is 9.97 Å². The van der Waals surface area contributed by atoms with Gasteiger partial charge in [-0.2, -0.15) is 0 Å². The molecule has 0 atom stereocenters. The first-order chi connectivity index (χ1) is 10.8. The fourth-order valence-electron chi connectivity index (χ4n) is 3.10. The summed E-state index contributed by atoms with van der Waals surface area (Å²) in [5, 5.41) is 3.56.